The lowest BCUT2D eigenvalue weighted by atomic mass is 10.2. The van der Waals surface area contributed by atoms with Gasteiger partial charge in [-0.2, -0.15) is 5.10 Å². The highest BCUT2D eigenvalue weighted by atomic mass is 16.4. The fourth-order valence-electron chi connectivity index (χ4n) is 0.770. The van der Waals surface area contributed by atoms with Gasteiger partial charge < -0.3 is 16.6 Å². The number of carboxylic acid groups (broad SMARTS) is 1. The highest BCUT2D eigenvalue weighted by Crippen LogP contribution is 1.96. The number of nitrogens with one attached hydrogen (secondary N) is 1. The molecule has 0 bridgehead atoms. The summed E-state index contributed by atoms with van der Waals surface area (Å²) in [5, 5.41) is 12.0. The molecule has 0 aliphatic rings. The van der Waals surface area contributed by atoms with Crippen LogP contribution in [0.1, 0.15) is 19.3 Å². The second kappa shape index (κ2) is 6.84. The molecule has 6 N–H and O–H groups in total. The molecule has 0 atom stereocenters. The van der Waals surface area contributed by atoms with Crippen LogP contribution in [0.2, 0.25) is 0 Å². The van der Waals surface area contributed by atoms with Crippen LogP contribution in [0.3, 0.4) is 0 Å². The minimum absolute atomic E-state index is 0.128. The Morgan fingerprint density at radius 2 is 2.00 bits per heavy atom. The summed E-state index contributed by atoms with van der Waals surface area (Å²) in [5.74, 6) is -1.17. The van der Waals surface area contributed by atoms with Crippen LogP contribution in [0.4, 0.5) is 4.79 Å². The van der Waals surface area contributed by atoms with Crippen molar-refractivity contribution in [3.05, 3.63) is 0 Å². The first-order chi connectivity index (χ1) is 6.57. The fourth-order valence-corrected chi connectivity index (χ4v) is 0.770. The number of hydrogen-bond donors (Lipinski definition) is 4. The van der Waals surface area contributed by atoms with E-state index < -0.39 is 12.0 Å². The van der Waals surface area contributed by atoms with Gasteiger partial charge in [0.1, 0.15) is 5.71 Å². The Hall–Kier alpha value is -1.63. The number of amides is 2. The molecule has 0 aromatic carbocycles. The number of carboxylic acids is 1. The van der Waals surface area contributed by atoms with Crippen molar-refractivity contribution in [2.24, 2.45) is 16.6 Å². The van der Waals surface area contributed by atoms with Crippen molar-refractivity contribution in [2.75, 3.05) is 6.54 Å². The minimum atomic E-state index is -1.17. The minimum Gasteiger partial charge on any atom is -0.477 e. The van der Waals surface area contributed by atoms with Crippen molar-refractivity contribution in [3.63, 3.8) is 0 Å². The molecule has 14 heavy (non-hydrogen) atoms. The zero-order valence-electron chi connectivity index (χ0n) is 7.69. The first-order valence-corrected chi connectivity index (χ1v) is 4.13. The lowest BCUT2D eigenvalue weighted by molar-refractivity contribution is -0.129. The number of unbranched alkanes of at least 4 members (excludes halogenated alkanes) is 1. The molecule has 0 rings (SSSR count). The fraction of sp³-hybridized carbons (Fsp3) is 0.571. The van der Waals surface area contributed by atoms with Crippen LogP contribution in [-0.4, -0.2) is 29.4 Å². The van der Waals surface area contributed by atoms with Gasteiger partial charge in [0.25, 0.3) is 0 Å². The standard InChI is InChI=1S/C7H14N4O3/c8-4-2-1-3-5(6(12)13)10-11-7(9)14/h1-4,8H2,(H,12,13)(H3,9,11,14). The van der Waals surface area contributed by atoms with Gasteiger partial charge in [-0.05, 0) is 25.8 Å². The molecule has 0 radical (unpaired) electrons. The van der Waals surface area contributed by atoms with E-state index in [4.69, 9.17) is 16.6 Å². The molecule has 7 nitrogen and oxygen atoms in total. The van der Waals surface area contributed by atoms with Gasteiger partial charge in [-0.15, -0.1) is 0 Å². The predicted molar refractivity (Wildman–Crippen MR) is 50.7 cm³/mol. The SMILES string of the molecule is NCCCCC(=NNC(N)=O)C(=O)O. The Kier molecular flexibility index (Phi) is 6.04. The Balaban J connectivity index is 4.08. The molecular weight excluding hydrogens is 188 g/mol. The molecular formula is C7H14N4O3. The van der Waals surface area contributed by atoms with E-state index in [0.717, 1.165) is 0 Å². The number of hydrazone groups is 1. The summed E-state index contributed by atoms with van der Waals surface area (Å²) in [5.41, 5.74) is 11.7. The van der Waals surface area contributed by atoms with Crippen LogP contribution >= 0.6 is 0 Å². The molecule has 0 aromatic heterocycles. The lowest BCUT2D eigenvalue weighted by Gasteiger charge is -2.00. The maximum absolute atomic E-state index is 10.6. The Labute approximate surface area is 81.1 Å². The smallest absolute Gasteiger partial charge is 0.352 e. The van der Waals surface area contributed by atoms with Gasteiger partial charge in [-0.1, -0.05) is 0 Å². The van der Waals surface area contributed by atoms with Gasteiger partial charge in [0.05, 0.1) is 0 Å². The molecule has 0 saturated heterocycles. The summed E-state index contributed by atoms with van der Waals surface area (Å²) in [6, 6.07) is -0.887. The Morgan fingerprint density at radius 3 is 2.43 bits per heavy atom. The van der Waals surface area contributed by atoms with Gasteiger partial charge in [0.15, 0.2) is 0 Å². The van der Waals surface area contributed by atoms with Crippen LogP contribution in [0.5, 0.6) is 0 Å². The number of rotatable bonds is 6. The Morgan fingerprint density at radius 1 is 1.36 bits per heavy atom. The number of aliphatic carboxylic acids is 1. The van der Waals surface area contributed by atoms with E-state index in [9.17, 15) is 9.59 Å². The molecule has 0 saturated carbocycles. The first kappa shape index (κ1) is 12.4. The van der Waals surface area contributed by atoms with E-state index in [1.54, 1.807) is 0 Å². The third kappa shape index (κ3) is 5.95. The zero-order valence-corrected chi connectivity index (χ0v) is 7.69. The maximum atomic E-state index is 10.6. The van der Waals surface area contributed by atoms with Gasteiger partial charge in [0.2, 0.25) is 0 Å². The van der Waals surface area contributed by atoms with Crippen LogP contribution < -0.4 is 16.9 Å². The number of urea groups is 1. The number of nitrogens with zero attached hydrogens (tertiary/aromatic N) is 1. The third-order valence-electron chi connectivity index (χ3n) is 1.42. The monoisotopic (exact) mass is 202 g/mol. The third-order valence-corrected chi connectivity index (χ3v) is 1.42. The second-order valence-corrected chi connectivity index (χ2v) is 2.59. The lowest BCUT2D eigenvalue weighted by Crippen LogP contribution is -2.27. The second-order valence-electron chi connectivity index (χ2n) is 2.59. The summed E-state index contributed by atoms with van der Waals surface area (Å²) in [4.78, 5) is 20.8. The summed E-state index contributed by atoms with van der Waals surface area (Å²) in [6.45, 7) is 0.496. The van der Waals surface area contributed by atoms with E-state index >= 15 is 0 Å². The van der Waals surface area contributed by atoms with E-state index in [1.165, 1.54) is 0 Å². The molecule has 0 unspecified atom stereocenters. The van der Waals surface area contributed by atoms with Gasteiger partial charge >= 0.3 is 12.0 Å². The van der Waals surface area contributed by atoms with Crippen molar-refractivity contribution in [3.8, 4) is 0 Å². The number of carbonyl (C=O) groups is 2. The average Bonchev–Trinajstić information content (AvgIpc) is 2.10. The largest absolute Gasteiger partial charge is 0.477 e. The van der Waals surface area contributed by atoms with Gasteiger partial charge in [-0.25, -0.2) is 15.0 Å². The normalized spacial score (nSPS) is 11.1. The average molecular weight is 202 g/mol. The van der Waals surface area contributed by atoms with Crippen molar-refractivity contribution in [1.29, 1.82) is 0 Å². The quantitative estimate of drug-likeness (QED) is 0.255. The summed E-state index contributed by atoms with van der Waals surface area (Å²) in [6.07, 6.45) is 1.58. The molecule has 0 aliphatic carbocycles. The number of nitrogens with two attached hydrogens (primary N) is 2. The molecule has 2 amide bonds. The molecule has 0 spiro atoms. The molecule has 0 aromatic rings. The van der Waals surface area contributed by atoms with Crippen LogP contribution in [0.15, 0.2) is 5.10 Å². The highest BCUT2D eigenvalue weighted by Gasteiger charge is 2.08. The summed E-state index contributed by atoms with van der Waals surface area (Å²) < 4.78 is 0. The molecule has 80 valence electrons. The molecule has 0 heterocycles. The van der Waals surface area contributed by atoms with E-state index in [0.29, 0.717) is 19.4 Å². The van der Waals surface area contributed by atoms with E-state index in [1.807, 2.05) is 5.43 Å². The van der Waals surface area contributed by atoms with E-state index in [2.05, 4.69) is 5.10 Å². The van der Waals surface area contributed by atoms with Crippen molar-refractivity contribution in [1.82, 2.24) is 5.43 Å². The zero-order chi connectivity index (χ0) is 11.0. The molecule has 0 fully saturated rings. The van der Waals surface area contributed by atoms with Crippen molar-refractivity contribution < 1.29 is 14.7 Å². The summed E-state index contributed by atoms with van der Waals surface area (Å²) in [7, 11) is 0. The molecule has 7 heteroatoms. The predicted octanol–water partition coefficient (Wildman–Crippen LogP) is -0.776. The van der Waals surface area contributed by atoms with Gasteiger partial charge in [0, 0.05) is 0 Å². The van der Waals surface area contributed by atoms with E-state index in [-0.39, 0.29) is 12.1 Å². The van der Waals surface area contributed by atoms with Crippen LogP contribution in [0, 0.1) is 0 Å². The number of hydrogen-bond acceptors (Lipinski definition) is 4. The first-order valence-electron chi connectivity index (χ1n) is 4.13. The van der Waals surface area contributed by atoms with Gasteiger partial charge in [-0.3, -0.25) is 0 Å². The van der Waals surface area contributed by atoms with Crippen molar-refractivity contribution >= 4 is 17.7 Å². The highest BCUT2D eigenvalue weighted by molar-refractivity contribution is 6.35. The Bertz CT molecular complexity index is 239. The molecule has 0 aliphatic heterocycles. The maximum Gasteiger partial charge on any atom is 0.352 e. The number of primary amides is 1. The number of carbonyl (C=O) groups excluding carboxylic acids is 1. The van der Waals surface area contributed by atoms with Crippen molar-refractivity contribution in [2.45, 2.75) is 19.3 Å². The summed E-state index contributed by atoms with van der Waals surface area (Å²) >= 11 is 0. The topological polar surface area (TPSA) is 131 Å². The van der Waals surface area contributed by atoms with Crippen LogP contribution in [0.25, 0.3) is 0 Å². The van der Waals surface area contributed by atoms with Crippen LogP contribution in [-0.2, 0) is 4.79 Å².